The van der Waals surface area contributed by atoms with Gasteiger partial charge in [0.05, 0.1) is 11.8 Å². The van der Waals surface area contributed by atoms with Gasteiger partial charge in [0.1, 0.15) is 5.76 Å². The Morgan fingerprint density at radius 3 is 3.00 bits per heavy atom. The molecular weight excluding hydrogens is 190 g/mol. The number of hydrogen-bond donors (Lipinski definition) is 1. The maximum absolute atomic E-state index is 11.4. The van der Waals surface area contributed by atoms with Gasteiger partial charge in [-0.15, -0.1) is 11.6 Å². The van der Waals surface area contributed by atoms with E-state index in [1.54, 1.807) is 13.0 Å². The number of amides is 1. The maximum Gasteiger partial charge on any atom is 0.254 e. The Hall–Kier alpha value is -0.960. The van der Waals surface area contributed by atoms with Crippen molar-refractivity contribution in [3.8, 4) is 0 Å². The number of aryl methyl sites for hydroxylation is 1. The molecule has 13 heavy (non-hydrogen) atoms. The lowest BCUT2D eigenvalue weighted by molar-refractivity contribution is 0.0952. The molecule has 72 valence electrons. The molecule has 0 aliphatic heterocycles. The first-order chi connectivity index (χ1) is 6.25. The Bertz CT molecular complexity index is 283. The second kappa shape index (κ2) is 4.92. The van der Waals surface area contributed by atoms with Crippen molar-refractivity contribution in [1.29, 1.82) is 0 Å². The van der Waals surface area contributed by atoms with E-state index >= 15 is 0 Å². The number of nitrogens with one attached hydrogen (secondary N) is 1. The first-order valence-corrected chi connectivity index (χ1v) is 4.67. The van der Waals surface area contributed by atoms with Crippen LogP contribution in [0.3, 0.4) is 0 Å². The molecule has 0 aliphatic carbocycles. The standard InChI is InChI=1S/C9H12ClNO2/c1-7-8(3-6-13-7)9(12)11-5-2-4-10/h3,6H,2,4-5H2,1H3,(H,11,12). The van der Waals surface area contributed by atoms with E-state index < -0.39 is 0 Å². The normalized spacial score (nSPS) is 10.0. The van der Waals surface area contributed by atoms with Crippen molar-refractivity contribution in [3.05, 3.63) is 23.7 Å². The SMILES string of the molecule is Cc1occc1C(=O)NCCCCl. The molecular formula is C9H12ClNO2. The molecule has 4 heteroatoms. The summed E-state index contributed by atoms with van der Waals surface area (Å²) in [6.07, 6.45) is 2.29. The number of rotatable bonds is 4. The number of furan rings is 1. The summed E-state index contributed by atoms with van der Waals surface area (Å²) >= 11 is 5.47. The number of halogens is 1. The van der Waals surface area contributed by atoms with Crippen molar-refractivity contribution in [2.45, 2.75) is 13.3 Å². The van der Waals surface area contributed by atoms with Crippen molar-refractivity contribution in [1.82, 2.24) is 5.32 Å². The number of alkyl halides is 1. The van der Waals surface area contributed by atoms with Crippen molar-refractivity contribution >= 4 is 17.5 Å². The van der Waals surface area contributed by atoms with Gasteiger partial charge >= 0.3 is 0 Å². The average Bonchev–Trinajstić information content (AvgIpc) is 2.52. The molecule has 1 rings (SSSR count). The third-order valence-electron chi connectivity index (χ3n) is 1.70. The van der Waals surface area contributed by atoms with E-state index in [9.17, 15) is 4.79 Å². The van der Waals surface area contributed by atoms with Crippen LogP contribution in [-0.4, -0.2) is 18.3 Å². The Morgan fingerprint density at radius 2 is 2.46 bits per heavy atom. The predicted molar refractivity (Wildman–Crippen MR) is 51.1 cm³/mol. The van der Waals surface area contributed by atoms with E-state index in [-0.39, 0.29) is 5.91 Å². The van der Waals surface area contributed by atoms with E-state index in [4.69, 9.17) is 16.0 Å². The van der Waals surface area contributed by atoms with E-state index in [0.717, 1.165) is 6.42 Å². The van der Waals surface area contributed by atoms with Gasteiger partial charge in [-0.1, -0.05) is 0 Å². The third-order valence-corrected chi connectivity index (χ3v) is 1.97. The van der Waals surface area contributed by atoms with Crippen LogP contribution in [0.2, 0.25) is 0 Å². The van der Waals surface area contributed by atoms with Gasteiger partial charge in [0.25, 0.3) is 5.91 Å². The van der Waals surface area contributed by atoms with Crippen molar-refractivity contribution < 1.29 is 9.21 Å². The summed E-state index contributed by atoms with van der Waals surface area (Å²) in [6.45, 7) is 2.36. The van der Waals surface area contributed by atoms with Crippen LogP contribution < -0.4 is 5.32 Å². The van der Waals surface area contributed by atoms with Gasteiger partial charge in [0.2, 0.25) is 0 Å². The molecule has 1 N–H and O–H groups in total. The molecule has 0 aromatic carbocycles. The van der Waals surface area contributed by atoms with Crippen LogP contribution in [0.15, 0.2) is 16.7 Å². The zero-order valence-electron chi connectivity index (χ0n) is 7.47. The summed E-state index contributed by atoms with van der Waals surface area (Å²) < 4.78 is 5.01. The highest BCUT2D eigenvalue weighted by atomic mass is 35.5. The molecule has 0 fully saturated rings. The molecule has 0 atom stereocenters. The first kappa shape index (κ1) is 10.1. The summed E-state index contributed by atoms with van der Waals surface area (Å²) in [5, 5.41) is 2.74. The molecule has 0 unspecified atom stereocenters. The lowest BCUT2D eigenvalue weighted by Crippen LogP contribution is -2.24. The zero-order chi connectivity index (χ0) is 9.68. The van der Waals surface area contributed by atoms with Gasteiger partial charge in [0.15, 0.2) is 0 Å². The maximum atomic E-state index is 11.4. The first-order valence-electron chi connectivity index (χ1n) is 4.14. The largest absolute Gasteiger partial charge is 0.469 e. The summed E-state index contributed by atoms with van der Waals surface area (Å²) in [5.74, 6) is 1.10. The quantitative estimate of drug-likeness (QED) is 0.598. The van der Waals surface area contributed by atoms with Gasteiger partial charge in [-0.3, -0.25) is 4.79 Å². The predicted octanol–water partition coefficient (Wildman–Crippen LogP) is 1.95. The molecule has 1 heterocycles. The molecule has 0 saturated carbocycles. The number of hydrogen-bond acceptors (Lipinski definition) is 2. The zero-order valence-corrected chi connectivity index (χ0v) is 8.23. The van der Waals surface area contributed by atoms with Crippen molar-refractivity contribution in [3.63, 3.8) is 0 Å². The Kier molecular flexibility index (Phi) is 3.83. The Balaban J connectivity index is 2.45. The summed E-state index contributed by atoms with van der Waals surface area (Å²) in [6, 6.07) is 1.66. The topological polar surface area (TPSA) is 42.2 Å². The summed E-state index contributed by atoms with van der Waals surface area (Å²) in [5.41, 5.74) is 0.592. The summed E-state index contributed by atoms with van der Waals surface area (Å²) in [4.78, 5) is 11.4. The molecule has 0 bridgehead atoms. The Labute approximate surface area is 82.1 Å². The lowest BCUT2D eigenvalue weighted by atomic mass is 10.2. The number of carbonyl (C=O) groups excluding carboxylic acids is 1. The highest BCUT2D eigenvalue weighted by Crippen LogP contribution is 2.07. The van der Waals surface area contributed by atoms with Gasteiger partial charge in [0, 0.05) is 12.4 Å². The van der Waals surface area contributed by atoms with Crippen molar-refractivity contribution in [2.75, 3.05) is 12.4 Å². The lowest BCUT2D eigenvalue weighted by Gasteiger charge is -2.01. The van der Waals surface area contributed by atoms with Gasteiger partial charge in [-0.2, -0.15) is 0 Å². The second-order valence-corrected chi connectivity index (χ2v) is 3.07. The van der Waals surface area contributed by atoms with Crippen molar-refractivity contribution in [2.24, 2.45) is 0 Å². The average molecular weight is 202 g/mol. The molecule has 1 aromatic rings. The minimum Gasteiger partial charge on any atom is -0.469 e. The van der Waals surface area contributed by atoms with Crippen LogP contribution in [0, 0.1) is 6.92 Å². The Morgan fingerprint density at radius 1 is 1.69 bits per heavy atom. The van der Waals surface area contributed by atoms with Crippen LogP contribution in [0.25, 0.3) is 0 Å². The van der Waals surface area contributed by atoms with Crippen LogP contribution in [-0.2, 0) is 0 Å². The van der Waals surface area contributed by atoms with Crippen LogP contribution >= 0.6 is 11.6 Å². The van der Waals surface area contributed by atoms with E-state index in [0.29, 0.717) is 23.7 Å². The van der Waals surface area contributed by atoms with Gasteiger partial charge in [-0.05, 0) is 19.4 Å². The van der Waals surface area contributed by atoms with E-state index in [1.807, 2.05) is 0 Å². The second-order valence-electron chi connectivity index (χ2n) is 2.69. The fourth-order valence-electron chi connectivity index (χ4n) is 0.984. The van der Waals surface area contributed by atoms with E-state index in [2.05, 4.69) is 5.32 Å². The molecule has 1 aromatic heterocycles. The molecule has 0 saturated heterocycles. The monoisotopic (exact) mass is 201 g/mol. The van der Waals surface area contributed by atoms with Crippen LogP contribution in [0.5, 0.6) is 0 Å². The fourth-order valence-corrected chi connectivity index (χ4v) is 1.12. The van der Waals surface area contributed by atoms with Crippen LogP contribution in [0.1, 0.15) is 22.5 Å². The number of carbonyl (C=O) groups is 1. The molecule has 0 spiro atoms. The highest BCUT2D eigenvalue weighted by molar-refractivity contribution is 6.17. The molecule has 0 aliphatic rings. The van der Waals surface area contributed by atoms with E-state index in [1.165, 1.54) is 6.26 Å². The molecule has 3 nitrogen and oxygen atoms in total. The molecule has 0 radical (unpaired) electrons. The minimum atomic E-state index is -0.101. The van der Waals surface area contributed by atoms with Crippen LogP contribution in [0.4, 0.5) is 0 Å². The van der Waals surface area contributed by atoms with Gasteiger partial charge in [-0.25, -0.2) is 0 Å². The smallest absolute Gasteiger partial charge is 0.254 e. The summed E-state index contributed by atoms with van der Waals surface area (Å²) in [7, 11) is 0. The van der Waals surface area contributed by atoms with Gasteiger partial charge < -0.3 is 9.73 Å². The minimum absolute atomic E-state index is 0.101. The fraction of sp³-hybridized carbons (Fsp3) is 0.444. The third kappa shape index (κ3) is 2.77. The highest BCUT2D eigenvalue weighted by Gasteiger charge is 2.09. The molecule has 1 amide bonds.